The fourth-order valence-corrected chi connectivity index (χ4v) is 5.04. The highest BCUT2D eigenvalue weighted by Crippen LogP contribution is 2.29. The molecule has 5 rings (SSSR count). The van der Waals surface area contributed by atoms with Gasteiger partial charge in [0, 0.05) is 36.7 Å². The van der Waals surface area contributed by atoms with Crippen LogP contribution in [0.25, 0.3) is 22.0 Å². The Bertz CT molecular complexity index is 1420. The van der Waals surface area contributed by atoms with Crippen molar-refractivity contribution in [2.45, 2.75) is 52.4 Å². The lowest BCUT2D eigenvalue weighted by Crippen LogP contribution is -2.29. The summed E-state index contributed by atoms with van der Waals surface area (Å²) in [6.07, 6.45) is 11.4. The van der Waals surface area contributed by atoms with E-state index in [4.69, 9.17) is 0 Å². The van der Waals surface area contributed by atoms with Crippen LogP contribution in [0.15, 0.2) is 55.0 Å². The van der Waals surface area contributed by atoms with Crippen molar-refractivity contribution in [3.05, 3.63) is 66.4 Å². The molecule has 0 spiro atoms. The van der Waals surface area contributed by atoms with E-state index in [2.05, 4.69) is 50.3 Å². The molecule has 0 radical (unpaired) electrons. The summed E-state index contributed by atoms with van der Waals surface area (Å²) in [7, 11) is 0. The van der Waals surface area contributed by atoms with E-state index in [-0.39, 0.29) is 11.7 Å². The first-order valence-corrected chi connectivity index (χ1v) is 13.5. The van der Waals surface area contributed by atoms with E-state index in [1.54, 1.807) is 12.1 Å². The SMILES string of the molecule is CCC(CC)CC(=O)c1ccc(NC(=O)c2n[nH]c3ccc(-c4cncc(N5CCCCC5)c4)cc23)cn1. The molecule has 4 heterocycles. The van der Waals surface area contributed by atoms with Crippen LogP contribution in [0.2, 0.25) is 0 Å². The van der Waals surface area contributed by atoms with Crippen molar-refractivity contribution in [1.82, 2.24) is 20.2 Å². The van der Waals surface area contributed by atoms with Gasteiger partial charge in [0.1, 0.15) is 5.69 Å². The first-order chi connectivity index (χ1) is 18.6. The summed E-state index contributed by atoms with van der Waals surface area (Å²) < 4.78 is 0. The molecule has 0 bridgehead atoms. The fraction of sp³-hybridized carbons (Fsp3) is 0.367. The van der Waals surface area contributed by atoms with Gasteiger partial charge >= 0.3 is 0 Å². The van der Waals surface area contributed by atoms with Gasteiger partial charge in [-0.3, -0.25) is 24.7 Å². The maximum absolute atomic E-state index is 13.1. The molecule has 3 aromatic heterocycles. The third-order valence-corrected chi connectivity index (χ3v) is 7.49. The van der Waals surface area contributed by atoms with E-state index < -0.39 is 0 Å². The summed E-state index contributed by atoms with van der Waals surface area (Å²) >= 11 is 0. The summed E-state index contributed by atoms with van der Waals surface area (Å²) in [5.41, 5.74) is 5.11. The Morgan fingerprint density at radius 2 is 1.79 bits per heavy atom. The topological polar surface area (TPSA) is 104 Å². The zero-order valence-electron chi connectivity index (χ0n) is 22.0. The maximum atomic E-state index is 13.1. The van der Waals surface area contributed by atoms with Crippen LogP contribution in [-0.4, -0.2) is 44.9 Å². The van der Waals surface area contributed by atoms with Crippen LogP contribution >= 0.6 is 0 Å². The molecular formula is C30H34N6O2. The van der Waals surface area contributed by atoms with Crippen molar-refractivity contribution in [2.24, 2.45) is 5.92 Å². The lowest BCUT2D eigenvalue weighted by molar-refractivity contribution is 0.0953. The minimum atomic E-state index is -0.341. The minimum absolute atomic E-state index is 0.0289. The highest BCUT2D eigenvalue weighted by atomic mass is 16.2. The number of benzene rings is 1. The molecule has 196 valence electrons. The Morgan fingerprint density at radius 1 is 0.974 bits per heavy atom. The van der Waals surface area contributed by atoms with Gasteiger partial charge in [0.05, 0.1) is 29.3 Å². The van der Waals surface area contributed by atoms with Crippen LogP contribution in [0.4, 0.5) is 11.4 Å². The molecule has 1 aliphatic rings. The summed E-state index contributed by atoms with van der Waals surface area (Å²) in [5, 5.41) is 10.8. The zero-order chi connectivity index (χ0) is 26.5. The van der Waals surface area contributed by atoms with Crippen molar-refractivity contribution in [3.8, 4) is 11.1 Å². The number of ketones is 1. The second-order valence-corrected chi connectivity index (χ2v) is 10.0. The van der Waals surface area contributed by atoms with Gasteiger partial charge in [-0.15, -0.1) is 0 Å². The maximum Gasteiger partial charge on any atom is 0.276 e. The van der Waals surface area contributed by atoms with Gasteiger partial charge in [0.15, 0.2) is 11.5 Å². The van der Waals surface area contributed by atoms with Gasteiger partial charge in [-0.2, -0.15) is 5.10 Å². The number of piperidine rings is 1. The number of rotatable bonds is 9. The fourth-order valence-electron chi connectivity index (χ4n) is 5.04. The number of hydrogen-bond acceptors (Lipinski definition) is 6. The van der Waals surface area contributed by atoms with Crippen molar-refractivity contribution < 1.29 is 9.59 Å². The predicted molar refractivity (Wildman–Crippen MR) is 151 cm³/mol. The van der Waals surface area contributed by atoms with E-state index in [1.807, 2.05) is 30.6 Å². The monoisotopic (exact) mass is 510 g/mol. The van der Waals surface area contributed by atoms with E-state index in [0.717, 1.165) is 53.6 Å². The molecular weight excluding hydrogens is 476 g/mol. The molecule has 4 aromatic rings. The number of carbonyl (C=O) groups excluding carboxylic acids is 2. The van der Waals surface area contributed by atoms with E-state index in [9.17, 15) is 9.59 Å². The minimum Gasteiger partial charge on any atom is -0.370 e. The molecule has 0 unspecified atom stereocenters. The third kappa shape index (κ3) is 5.59. The number of hydrogen-bond donors (Lipinski definition) is 2. The molecule has 38 heavy (non-hydrogen) atoms. The number of fused-ring (bicyclic) bond motifs is 1. The van der Waals surface area contributed by atoms with E-state index in [0.29, 0.717) is 29.4 Å². The normalized spacial score (nSPS) is 13.7. The molecule has 1 fully saturated rings. The average Bonchev–Trinajstić information content (AvgIpc) is 3.40. The van der Waals surface area contributed by atoms with Crippen LogP contribution < -0.4 is 10.2 Å². The summed E-state index contributed by atoms with van der Waals surface area (Å²) in [4.78, 5) is 36.8. The molecule has 1 amide bonds. The second kappa shape index (κ2) is 11.5. The number of Topliss-reactive ketones (excluding diaryl/α,β-unsaturated/α-hetero) is 1. The molecule has 8 heteroatoms. The number of amides is 1. The predicted octanol–water partition coefficient (Wildman–Crippen LogP) is 6.27. The standard InChI is InChI=1S/C30H34N6O2/c1-3-20(4-2)14-28(37)27-11-9-23(18-32-27)33-30(38)29-25-16-21(8-10-26(25)34-35-29)22-15-24(19-31-17-22)36-12-6-5-7-13-36/h8-11,15-20H,3-7,12-14H2,1-2H3,(H,33,38)(H,34,35). The molecule has 1 aliphatic heterocycles. The Kier molecular flexibility index (Phi) is 7.77. The number of carbonyl (C=O) groups is 2. The summed E-state index contributed by atoms with van der Waals surface area (Å²) in [5.74, 6) is 0.0530. The highest BCUT2D eigenvalue weighted by Gasteiger charge is 2.18. The van der Waals surface area contributed by atoms with Crippen LogP contribution in [0, 0.1) is 5.92 Å². The summed E-state index contributed by atoms with van der Waals surface area (Å²) in [6, 6.07) is 11.5. The van der Waals surface area contributed by atoms with Crippen LogP contribution in [-0.2, 0) is 0 Å². The van der Waals surface area contributed by atoms with Crippen molar-refractivity contribution in [1.29, 1.82) is 0 Å². The van der Waals surface area contributed by atoms with Crippen LogP contribution in [0.3, 0.4) is 0 Å². The smallest absolute Gasteiger partial charge is 0.276 e. The van der Waals surface area contributed by atoms with E-state index >= 15 is 0 Å². The van der Waals surface area contributed by atoms with Gasteiger partial charge in [-0.25, -0.2) is 0 Å². The number of nitrogens with zero attached hydrogens (tertiary/aromatic N) is 4. The third-order valence-electron chi connectivity index (χ3n) is 7.49. The average molecular weight is 511 g/mol. The Labute approximate surface area is 222 Å². The number of pyridine rings is 2. The lowest BCUT2D eigenvalue weighted by atomic mass is 9.96. The molecule has 2 N–H and O–H groups in total. The van der Waals surface area contributed by atoms with Gasteiger partial charge in [-0.05, 0) is 61.1 Å². The van der Waals surface area contributed by atoms with Crippen LogP contribution in [0.5, 0.6) is 0 Å². The van der Waals surface area contributed by atoms with Gasteiger partial charge in [-0.1, -0.05) is 32.8 Å². The zero-order valence-corrected chi connectivity index (χ0v) is 22.0. The van der Waals surface area contributed by atoms with Crippen LogP contribution in [0.1, 0.15) is 73.3 Å². The largest absolute Gasteiger partial charge is 0.370 e. The van der Waals surface area contributed by atoms with Gasteiger partial charge in [0.25, 0.3) is 5.91 Å². The molecule has 1 aromatic carbocycles. The van der Waals surface area contributed by atoms with E-state index in [1.165, 1.54) is 25.5 Å². The second-order valence-electron chi connectivity index (χ2n) is 10.0. The molecule has 1 saturated heterocycles. The Balaban J connectivity index is 1.33. The number of nitrogens with one attached hydrogen (secondary N) is 2. The number of H-pyrrole nitrogens is 1. The highest BCUT2D eigenvalue weighted by molar-refractivity contribution is 6.11. The lowest BCUT2D eigenvalue weighted by Gasteiger charge is -2.28. The number of aromatic amines is 1. The van der Waals surface area contributed by atoms with Crippen molar-refractivity contribution in [3.63, 3.8) is 0 Å². The van der Waals surface area contributed by atoms with Crippen molar-refractivity contribution in [2.75, 3.05) is 23.3 Å². The first kappa shape index (κ1) is 25.6. The number of aromatic nitrogens is 4. The molecule has 8 nitrogen and oxygen atoms in total. The molecule has 0 aliphatic carbocycles. The first-order valence-electron chi connectivity index (χ1n) is 13.5. The Hall–Kier alpha value is -4.07. The quantitative estimate of drug-likeness (QED) is 0.257. The van der Waals surface area contributed by atoms with Gasteiger partial charge < -0.3 is 10.2 Å². The summed E-state index contributed by atoms with van der Waals surface area (Å²) in [6.45, 7) is 6.30. The Morgan fingerprint density at radius 3 is 2.53 bits per heavy atom. The molecule has 0 atom stereocenters. The van der Waals surface area contributed by atoms with Crippen molar-refractivity contribution >= 4 is 34.0 Å². The molecule has 0 saturated carbocycles. The van der Waals surface area contributed by atoms with Gasteiger partial charge in [0.2, 0.25) is 0 Å². The number of anilines is 2.